The van der Waals surface area contributed by atoms with E-state index in [0.29, 0.717) is 18.9 Å². The maximum atomic E-state index is 12.4. The quantitative estimate of drug-likeness (QED) is 0.615. The number of rotatable bonds is 7. The average molecular weight is 413 g/mol. The molecule has 134 valence electrons. The van der Waals surface area contributed by atoms with Gasteiger partial charge in [0.05, 0.1) is 6.54 Å². The van der Waals surface area contributed by atoms with Crippen LogP contribution in [-0.4, -0.2) is 20.7 Å². The summed E-state index contributed by atoms with van der Waals surface area (Å²) in [5.41, 5.74) is 2.30. The van der Waals surface area contributed by atoms with Crippen LogP contribution in [0.15, 0.2) is 65.4 Å². The molecule has 6 heteroatoms. The fourth-order valence-corrected chi connectivity index (χ4v) is 3.09. The van der Waals surface area contributed by atoms with Crippen molar-refractivity contribution in [3.63, 3.8) is 0 Å². The third-order valence-electron chi connectivity index (χ3n) is 4.24. The first-order valence-corrected chi connectivity index (χ1v) is 9.42. The van der Waals surface area contributed by atoms with Crippen LogP contribution in [0.5, 0.6) is 0 Å². The van der Waals surface area contributed by atoms with E-state index in [2.05, 4.69) is 50.4 Å². The zero-order valence-corrected chi connectivity index (χ0v) is 16.2. The minimum absolute atomic E-state index is 0.0675. The van der Waals surface area contributed by atoms with E-state index < -0.39 is 0 Å². The lowest BCUT2D eigenvalue weighted by molar-refractivity contribution is -0.116. The molecule has 3 rings (SSSR count). The van der Waals surface area contributed by atoms with Crippen molar-refractivity contribution in [2.75, 3.05) is 5.32 Å². The van der Waals surface area contributed by atoms with E-state index in [0.717, 1.165) is 16.5 Å². The van der Waals surface area contributed by atoms with Crippen LogP contribution in [0.25, 0.3) is 0 Å². The van der Waals surface area contributed by atoms with Crippen LogP contribution < -0.4 is 5.32 Å². The molecule has 2 aromatic carbocycles. The number of aromatic nitrogens is 3. The molecule has 1 heterocycles. The molecular formula is C20H21BrN4O. The Morgan fingerprint density at radius 3 is 2.58 bits per heavy atom. The molecule has 3 aromatic rings. The fraction of sp³-hybridized carbons (Fsp3) is 0.250. The van der Waals surface area contributed by atoms with Crippen molar-refractivity contribution in [3.8, 4) is 0 Å². The van der Waals surface area contributed by atoms with E-state index in [9.17, 15) is 4.79 Å². The third kappa shape index (κ3) is 5.02. The molecule has 0 saturated carbocycles. The average Bonchev–Trinajstić information content (AvgIpc) is 3.09. The first-order valence-electron chi connectivity index (χ1n) is 8.62. The van der Waals surface area contributed by atoms with Gasteiger partial charge in [0.1, 0.15) is 6.33 Å². The molecule has 1 amide bonds. The van der Waals surface area contributed by atoms with Crippen molar-refractivity contribution < 1.29 is 4.79 Å². The normalized spacial score (nSPS) is 11.9. The largest absolute Gasteiger partial charge is 0.293 e. The minimum atomic E-state index is -0.0675. The highest BCUT2D eigenvalue weighted by atomic mass is 79.9. The number of anilines is 1. The Balaban J connectivity index is 1.58. The SMILES string of the molecule is CCC(CC(=O)Nc1ncn(Cc2ccc(Br)cc2)n1)c1ccccc1. The van der Waals surface area contributed by atoms with Gasteiger partial charge in [0, 0.05) is 10.9 Å². The van der Waals surface area contributed by atoms with Gasteiger partial charge in [-0.15, -0.1) is 5.10 Å². The van der Waals surface area contributed by atoms with Crippen LogP contribution >= 0.6 is 15.9 Å². The summed E-state index contributed by atoms with van der Waals surface area (Å²) in [4.78, 5) is 16.5. The maximum Gasteiger partial charge on any atom is 0.248 e. The molecular weight excluding hydrogens is 392 g/mol. The number of carbonyl (C=O) groups is 1. The summed E-state index contributed by atoms with van der Waals surface area (Å²) in [6, 6.07) is 18.1. The first-order chi connectivity index (χ1) is 12.6. The van der Waals surface area contributed by atoms with Gasteiger partial charge >= 0.3 is 0 Å². The number of nitrogens with one attached hydrogen (secondary N) is 1. The third-order valence-corrected chi connectivity index (χ3v) is 4.77. The second-order valence-electron chi connectivity index (χ2n) is 6.16. The van der Waals surface area contributed by atoms with E-state index in [1.54, 1.807) is 11.0 Å². The van der Waals surface area contributed by atoms with Gasteiger partial charge in [-0.25, -0.2) is 9.67 Å². The molecule has 0 radical (unpaired) electrons. The molecule has 26 heavy (non-hydrogen) atoms. The highest BCUT2D eigenvalue weighted by molar-refractivity contribution is 9.10. The molecule has 5 nitrogen and oxygen atoms in total. The molecule has 1 atom stereocenters. The summed E-state index contributed by atoms with van der Waals surface area (Å²) in [5, 5.41) is 7.14. The predicted molar refractivity (Wildman–Crippen MR) is 106 cm³/mol. The fourth-order valence-electron chi connectivity index (χ4n) is 2.83. The van der Waals surface area contributed by atoms with Crippen LogP contribution in [0.3, 0.4) is 0 Å². The molecule has 0 aliphatic heterocycles. The molecule has 0 aliphatic rings. The maximum absolute atomic E-state index is 12.4. The van der Waals surface area contributed by atoms with Gasteiger partial charge in [-0.05, 0) is 35.6 Å². The second-order valence-corrected chi connectivity index (χ2v) is 7.08. The van der Waals surface area contributed by atoms with E-state index >= 15 is 0 Å². The number of hydrogen-bond donors (Lipinski definition) is 1. The summed E-state index contributed by atoms with van der Waals surface area (Å²) in [5.74, 6) is 0.471. The Bertz CT molecular complexity index is 846. The Kier molecular flexibility index (Phi) is 6.17. The van der Waals surface area contributed by atoms with E-state index in [1.807, 2.05) is 42.5 Å². The smallest absolute Gasteiger partial charge is 0.248 e. The van der Waals surface area contributed by atoms with Crippen molar-refractivity contribution in [2.24, 2.45) is 0 Å². The summed E-state index contributed by atoms with van der Waals surface area (Å²) in [7, 11) is 0. The van der Waals surface area contributed by atoms with Crippen molar-refractivity contribution in [1.82, 2.24) is 14.8 Å². The first kappa shape index (κ1) is 18.3. The standard InChI is InChI=1S/C20H21BrN4O/c1-2-16(17-6-4-3-5-7-17)12-19(26)23-20-22-14-25(24-20)13-15-8-10-18(21)11-9-15/h3-11,14,16H,2,12-13H2,1H3,(H,23,24,26). The van der Waals surface area contributed by atoms with Crippen LogP contribution in [0.1, 0.15) is 36.8 Å². The van der Waals surface area contributed by atoms with Gasteiger partial charge in [-0.3, -0.25) is 10.1 Å². The van der Waals surface area contributed by atoms with Crippen molar-refractivity contribution >= 4 is 27.8 Å². The van der Waals surface area contributed by atoms with E-state index in [-0.39, 0.29) is 11.8 Å². The number of amides is 1. The number of carbonyl (C=O) groups excluding carboxylic acids is 1. The second kappa shape index (κ2) is 8.76. The molecule has 1 aromatic heterocycles. The Morgan fingerprint density at radius 2 is 1.88 bits per heavy atom. The van der Waals surface area contributed by atoms with Crippen molar-refractivity contribution in [1.29, 1.82) is 0 Å². The molecule has 0 saturated heterocycles. The molecule has 0 spiro atoms. The number of halogens is 1. The lowest BCUT2D eigenvalue weighted by atomic mass is 9.93. The van der Waals surface area contributed by atoms with Gasteiger partial charge in [-0.1, -0.05) is 65.3 Å². The van der Waals surface area contributed by atoms with E-state index in [4.69, 9.17) is 0 Å². The van der Waals surface area contributed by atoms with Gasteiger partial charge in [0.15, 0.2) is 0 Å². The number of benzene rings is 2. The zero-order valence-electron chi connectivity index (χ0n) is 14.6. The number of hydrogen-bond acceptors (Lipinski definition) is 3. The predicted octanol–water partition coefficient (Wildman–Crippen LogP) is 4.61. The van der Waals surface area contributed by atoms with Gasteiger partial charge < -0.3 is 0 Å². The number of nitrogens with zero attached hydrogens (tertiary/aromatic N) is 3. The highest BCUT2D eigenvalue weighted by Crippen LogP contribution is 2.23. The van der Waals surface area contributed by atoms with Gasteiger partial charge in [-0.2, -0.15) is 0 Å². The summed E-state index contributed by atoms with van der Waals surface area (Å²) in [6.07, 6.45) is 2.96. The minimum Gasteiger partial charge on any atom is -0.293 e. The lowest BCUT2D eigenvalue weighted by Gasteiger charge is -2.14. The van der Waals surface area contributed by atoms with Gasteiger partial charge in [0.2, 0.25) is 11.9 Å². The Hall–Kier alpha value is -2.47. The van der Waals surface area contributed by atoms with Crippen LogP contribution in [0, 0.1) is 0 Å². The molecule has 0 fully saturated rings. The molecule has 1 unspecified atom stereocenters. The van der Waals surface area contributed by atoms with E-state index in [1.165, 1.54) is 5.56 Å². The van der Waals surface area contributed by atoms with Crippen LogP contribution in [-0.2, 0) is 11.3 Å². The molecule has 0 aliphatic carbocycles. The summed E-state index contributed by atoms with van der Waals surface area (Å²) >= 11 is 3.42. The van der Waals surface area contributed by atoms with Crippen LogP contribution in [0.4, 0.5) is 5.95 Å². The topological polar surface area (TPSA) is 59.8 Å². The summed E-state index contributed by atoms with van der Waals surface area (Å²) < 4.78 is 2.75. The van der Waals surface area contributed by atoms with Crippen molar-refractivity contribution in [2.45, 2.75) is 32.2 Å². The summed E-state index contributed by atoms with van der Waals surface area (Å²) in [6.45, 7) is 2.70. The van der Waals surface area contributed by atoms with Gasteiger partial charge in [0.25, 0.3) is 0 Å². The zero-order chi connectivity index (χ0) is 18.4. The Morgan fingerprint density at radius 1 is 1.15 bits per heavy atom. The monoisotopic (exact) mass is 412 g/mol. The molecule has 0 bridgehead atoms. The van der Waals surface area contributed by atoms with Crippen molar-refractivity contribution in [3.05, 3.63) is 76.5 Å². The molecule has 1 N–H and O–H groups in total. The highest BCUT2D eigenvalue weighted by Gasteiger charge is 2.15. The Labute approximate surface area is 161 Å². The van der Waals surface area contributed by atoms with Crippen LogP contribution in [0.2, 0.25) is 0 Å². The lowest BCUT2D eigenvalue weighted by Crippen LogP contribution is -2.16.